The summed E-state index contributed by atoms with van der Waals surface area (Å²) in [5, 5.41) is 1.17. The van der Waals surface area contributed by atoms with Crippen LogP contribution in [0.1, 0.15) is 42.1 Å². The number of nitrogens with two attached hydrogens (primary N) is 1. The Morgan fingerprint density at radius 2 is 1.65 bits per heavy atom. The number of carbonyl (C=O) groups is 1. The molecule has 2 saturated heterocycles. The Kier molecular flexibility index (Phi) is 3.52. The highest BCUT2D eigenvalue weighted by molar-refractivity contribution is 5.97. The molecule has 1 amide bonds. The van der Waals surface area contributed by atoms with Crippen molar-refractivity contribution in [1.29, 1.82) is 0 Å². The number of hydrogen-bond acceptors (Lipinski definition) is 2. The number of benzene rings is 2. The molecule has 3 atom stereocenters. The van der Waals surface area contributed by atoms with Crippen LogP contribution in [-0.4, -0.2) is 22.6 Å². The van der Waals surface area contributed by atoms with Gasteiger partial charge in [-0.05, 0) is 61.4 Å². The summed E-state index contributed by atoms with van der Waals surface area (Å²) in [4.78, 5) is 14.2. The third kappa shape index (κ3) is 2.40. The van der Waals surface area contributed by atoms with Gasteiger partial charge in [0.2, 0.25) is 5.91 Å². The van der Waals surface area contributed by atoms with Crippen LogP contribution in [0.4, 0.5) is 5.69 Å². The van der Waals surface area contributed by atoms with E-state index in [4.69, 9.17) is 5.73 Å². The Morgan fingerprint density at radius 3 is 2.35 bits per heavy atom. The standard InChI is InChI=1S/C22H23N3O/c23-22(26)16-7-6-15-10-11-24(21(15)12-16)20-13-18-8-9-19(14-20)25(18)17-4-2-1-3-5-17/h1-7,10-12,18-20H,8-9,13-14H2,(H2,23,26)/t18-,19+,20?. The first kappa shape index (κ1) is 15.5. The number of hydrogen-bond donors (Lipinski definition) is 1. The van der Waals surface area contributed by atoms with Crippen LogP contribution < -0.4 is 10.6 Å². The van der Waals surface area contributed by atoms with E-state index in [0.29, 0.717) is 23.7 Å². The summed E-state index contributed by atoms with van der Waals surface area (Å²) in [6, 6.07) is 20.4. The molecular weight excluding hydrogens is 322 g/mol. The number of aromatic nitrogens is 1. The van der Waals surface area contributed by atoms with Gasteiger partial charge in [-0.3, -0.25) is 4.79 Å². The Labute approximate surface area is 153 Å². The van der Waals surface area contributed by atoms with Crippen molar-refractivity contribution in [2.75, 3.05) is 4.90 Å². The molecule has 0 aliphatic carbocycles. The molecule has 0 radical (unpaired) electrons. The molecular formula is C22H23N3O. The highest BCUT2D eigenvalue weighted by Gasteiger charge is 2.41. The van der Waals surface area contributed by atoms with Crippen LogP contribution in [0.3, 0.4) is 0 Å². The largest absolute Gasteiger partial charge is 0.366 e. The number of primary amides is 1. The van der Waals surface area contributed by atoms with E-state index in [1.807, 2.05) is 18.2 Å². The fourth-order valence-corrected chi connectivity index (χ4v) is 5.02. The molecule has 0 saturated carbocycles. The van der Waals surface area contributed by atoms with Crippen molar-refractivity contribution in [1.82, 2.24) is 4.57 Å². The quantitative estimate of drug-likeness (QED) is 0.776. The highest BCUT2D eigenvalue weighted by atomic mass is 16.1. The lowest BCUT2D eigenvalue weighted by Gasteiger charge is -2.41. The van der Waals surface area contributed by atoms with Crippen molar-refractivity contribution in [3.05, 3.63) is 66.4 Å². The SMILES string of the molecule is NC(=O)c1ccc2ccn(C3C[C@H]4CC[C@@H](C3)N4c3ccccc3)c2c1. The average Bonchev–Trinajstić information content (AvgIpc) is 3.20. The number of carbonyl (C=O) groups excluding carboxylic acids is 1. The maximum atomic E-state index is 11.6. The molecule has 2 aromatic carbocycles. The molecule has 0 spiro atoms. The minimum absolute atomic E-state index is 0.362. The lowest BCUT2D eigenvalue weighted by molar-refractivity contribution is 0.100. The fraction of sp³-hybridized carbons (Fsp3) is 0.318. The smallest absolute Gasteiger partial charge is 0.248 e. The van der Waals surface area contributed by atoms with E-state index in [9.17, 15) is 4.79 Å². The van der Waals surface area contributed by atoms with Gasteiger partial charge in [-0.1, -0.05) is 24.3 Å². The number of para-hydroxylation sites is 1. The van der Waals surface area contributed by atoms with E-state index in [-0.39, 0.29) is 5.91 Å². The lowest BCUT2D eigenvalue weighted by atomic mass is 9.96. The van der Waals surface area contributed by atoms with E-state index >= 15 is 0 Å². The van der Waals surface area contributed by atoms with Crippen molar-refractivity contribution in [2.24, 2.45) is 5.73 Å². The summed E-state index contributed by atoms with van der Waals surface area (Å²) in [7, 11) is 0. The van der Waals surface area contributed by atoms with Crippen LogP contribution in [0.2, 0.25) is 0 Å². The molecule has 4 nitrogen and oxygen atoms in total. The maximum absolute atomic E-state index is 11.6. The topological polar surface area (TPSA) is 51.3 Å². The van der Waals surface area contributed by atoms with E-state index in [0.717, 1.165) is 18.4 Å². The second kappa shape index (κ2) is 5.90. The van der Waals surface area contributed by atoms with E-state index in [1.54, 1.807) is 0 Å². The molecule has 26 heavy (non-hydrogen) atoms. The zero-order valence-electron chi connectivity index (χ0n) is 14.7. The Morgan fingerprint density at radius 1 is 0.923 bits per heavy atom. The zero-order valence-corrected chi connectivity index (χ0v) is 14.7. The van der Waals surface area contributed by atoms with Crippen molar-refractivity contribution in [3.63, 3.8) is 0 Å². The second-order valence-corrected chi connectivity index (χ2v) is 7.61. The summed E-state index contributed by atoms with van der Waals surface area (Å²) >= 11 is 0. The fourth-order valence-electron chi connectivity index (χ4n) is 5.02. The van der Waals surface area contributed by atoms with E-state index in [1.165, 1.54) is 23.9 Å². The van der Waals surface area contributed by atoms with Gasteiger partial charge in [0.15, 0.2) is 0 Å². The third-order valence-electron chi connectivity index (χ3n) is 6.16. The number of amides is 1. The molecule has 5 rings (SSSR count). The molecule has 1 unspecified atom stereocenters. The zero-order chi connectivity index (χ0) is 17.7. The summed E-state index contributed by atoms with van der Waals surface area (Å²) in [6.07, 6.45) is 7.01. The van der Waals surface area contributed by atoms with Gasteiger partial charge in [-0.2, -0.15) is 0 Å². The minimum atomic E-state index is -0.362. The number of fused-ring (bicyclic) bond motifs is 3. The highest BCUT2D eigenvalue weighted by Crippen LogP contribution is 2.44. The Bertz CT molecular complexity index is 948. The van der Waals surface area contributed by atoms with Gasteiger partial charge < -0.3 is 15.2 Å². The first-order chi connectivity index (χ1) is 12.7. The van der Waals surface area contributed by atoms with Crippen LogP contribution in [0.25, 0.3) is 10.9 Å². The van der Waals surface area contributed by atoms with E-state index in [2.05, 4.69) is 52.1 Å². The maximum Gasteiger partial charge on any atom is 0.248 e. The first-order valence-corrected chi connectivity index (χ1v) is 9.44. The van der Waals surface area contributed by atoms with Gasteiger partial charge >= 0.3 is 0 Å². The predicted molar refractivity (Wildman–Crippen MR) is 104 cm³/mol. The monoisotopic (exact) mass is 345 g/mol. The molecule has 132 valence electrons. The van der Waals surface area contributed by atoms with Gasteiger partial charge in [-0.15, -0.1) is 0 Å². The summed E-state index contributed by atoms with van der Waals surface area (Å²) in [6.45, 7) is 0. The number of nitrogens with zero attached hydrogens (tertiary/aromatic N) is 2. The summed E-state index contributed by atoms with van der Waals surface area (Å²) < 4.78 is 2.37. The molecule has 2 fully saturated rings. The number of rotatable bonds is 3. The first-order valence-electron chi connectivity index (χ1n) is 9.44. The number of piperidine rings is 1. The van der Waals surface area contributed by atoms with Gasteiger partial charge in [0, 0.05) is 41.1 Å². The van der Waals surface area contributed by atoms with Gasteiger partial charge in [-0.25, -0.2) is 0 Å². The van der Waals surface area contributed by atoms with Crippen LogP contribution in [-0.2, 0) is 0 Å². The van der Waals surface area contributed by atoms with Crippen LogP contribution in [0, 0.1) is 0 Å². The molecule has 2 aliphatic rings. The number of anilines is 1. The Hall–Kier alpha value is -2.75. The van der Waals surface area contributed by atoms with Gasteiger partial charge in [0.25, 0.3) is 0 Å². The second-order valence-electron chi connectivity index (χ2n) is 7.61. The lowest BCUT2D eigenvalue weighted by Crippen LogP contribution is -2.43. The molecule has 2 aliphatic heterocycles. The average molecular weight is 345 g/mol. The van der Waals surface area contributed by atoms with Gasteiger partial charge in [0.05, 0.1) is 0 Å². The molecule has 4 heteroatoms. The van der Waals surface area contributed by atoms with Gasteiger partial charge in [0.1, 0.15) is 0 Å². The van der Waals surface area contributed by atoms with Crippen LogP contribution in [0.5, 0.6) is 0 Å². The van der Waals surface area contributed by atoms with Crippen LogP contribution >= 0.6 is 0 Å². The van der Waals surface area contributed by atoms with Crippen molar-refractivity contribution >= 4 is 22.5 Å². The normalized spacial score (nSPS) is 24.9. The molecule has 2 bridgehead atoms. The predicted octanol–water partition coefficient (Wildman–Crippen LogP) is 4.11. The van der Waals surface area contributed by atoms with Crippen molar-refractivity contribution < 1.29 is 4.79 Å². The van der Waals surface area contributed by atoms with Crippen molar-refractivity contribution in [2.45, 2.75) is 43.8 Å². The third-order valence-corrected chi connectivity index (χ3v) is 6.16. The molecule has 2 N–H and O–H groups in total. The van der Waals surface area contributed by atoms with Crippen molar-refractivity contribution in [3.8, 4) is 0 Å². The molecule has 3 heterocycles. The van der Waals surface area contributed by atoms with E-state index < -0.39 is 0 Å². The minimum Gasteiger partial charge on any atom is -0.366 e. The van der Waals surface area contributed by atoms with Crippen LogP contribution in [0.15, 0.2) is 60.8 Å². The molecule has 1 aromatic heterocycles. The molecule has 3 aromatic rings. The summed E-state index contributed by atoms with van der Waals surface area (Å²) in [5.41, 5.74) is 8.55. The Balaban J connectivity index is 1.47. The summed E-state index contributed by atoms with van der Waals surface area (Å²) in [5.74, 6) is -0.362.